The van der Waals surface area contributed by atoms with Crippen LogP contribution in [0.4, 0.5) is 0 Å². The van der Waals surface area contributed by atoms with Crippen LogP contribution < -0.4 is 35.0 Å². The quantitative estimate of drug-likeness (QED) is 0.00475. The lowest BCUT2D eigenvalue weighted by atomic mass is 9.89. The summed E-state index contributed by atoms with van der Waals surface area (Å²) < 4.78 is 65.5. The molecule has 2 unspecified atom stereocenters. The highest BCUT2D eigenvalue weighted by molar-refractivity contribution is 7.57. The monoisotopic (exact) mass is 1290 g/mol. The highest BCUT2D eigenvalue weighted by Gasteiger charge is 2.35. The van der Waals surface area contributed by atoms with Gasteiger partial charge >= 0.3 is 38.9 Å². The van der Waals surface area contributed by atoms with E-state index in [0.29, 0.717) is 67.5 Å². The van der Waals surface area contributed by atoms with Gasteiger partial charge in [-0.25, -0.2) is 19.8 Å². The number of phenols is 1. The van der Waals surface area contributed by atoms with Gasteiger partial charge in [-0.3, -0.25) is 23.5 Å². The van der Waals surface area contributed by atoms with Gasteiger partial charge in [0, 0.05) is 50.0 Å². The van der Waals surface area contributed by atoms with E-state index in [1.807, 2.05) is 104 Å². The van der Waals surface area contributed by atoms with Crippen LogP contribution in [0.1, 0.15) is 143 Å². The Bertz CT molecular complexity index is 3300. The number of hydrogen-bond donors (Lipinski definition) is 5. The molecule has 4 atom stereocenters. The maximum absolute atomic E-state index is 14.0. The minimum Gasteiger partial charge on any atom is -0.507 e. The van der Waals surface area contributed by atoms with E-state index < -0.39 is 53.1 Å². The van der Waals surface area contributed by atoms with E-state index in [2.05, 4.69) is 42.1 Å². The molecule has 2 aliphatic heterocycles. The van der Waals surface area contributed by atoms with E-state index in [-0.39, 0.29) is 56.0 Å². The number of carbonyl (C=O) groups excluding carboxylic acids is 5. The lowest BCUT2D eigenvalue weighted by Crippen LogP contribution is -2.36. The molecule has 0 aromatic heterocycles. The number of esters is 4. The van der Waals surface area contributed by atoms with Crippen LogP contribution in [0.2, 0.25) is 25.7 Å². The van der Waals surface area contributed by atoms with E-state index in [4.69, 9.17) is 38.5 Å². The molecule has 0 amide bonds. The van der Waals surface area contributed by atoms with Gasteiger partial charge in [0.05, 0.1) is 32.1 Å². The third-order valence-electron chi connectivity index (χ3n) is 15.3. The second-order valence-electron chi connectivity index (χ2n) is 23.7. The fraction of sp³-hybridized carbons (Fsp3) is 0.507. The van der Waals surface area contributed by atoms with Crippen LogP contribution in [0.25, 0.3) is 0 Å². The Hall–Kier alpha value is -6.37. The fourth-order valence-electron chi connectivity index (χ4n) is 10.3. The standard InChI is InChI=1S/C31H43N2O7P.C21H30O4Si.C15H25N2O4P/c1-8-24-22(6)26-18-39-31(36)27(26)28(34)25(24)14-13-19(3)17-32-15-16-41(37,33-23(7)30(35)38-9-2)40-29-20(4)11-10-12-21(29)5;1-7-16-15(3)18-13-25-21(23)19(18)20(24-10-11-26(4,5)6)17(16)9-8-14(2)12-22;1-5-20-15(18)13(4)17-22(19,10-9-16)21-14-11(2)7-6-8-12(14)3/h10-13,23,32,34H,8-9,14-18H2,1-7H3,(H,33,37);8,12H,7,9-11,13H2,1-6H3;6-8,13H,5,9-10,16H2,1-4H3,(H,17,19)/b19-13+;14-8+;/t23-,41?;;13-,22?/m0.0/s1. The van der Waals surface area contributed by atoms with Crippen LogP contribution in [-0.2, 0) is 81.4 Å². The van der Waals surface area contributed by atoms with Gasteiger partial charge in [-0.2, -0.15) is 0 Å². The van der Waals surface area contributed by atoms with Crippen LogP contribution in [0.3, 0.4) is 0 Å². The molecule has 22 heteroatoms. The number of ether oxygens (including phenoxy) is 5. The van der Waals surface area contributed by atoms with Gasteiger partial charge in [-0.05, 0) is 165 Å². The van der Waals surface area contributed by atoms with Crippen LogP contribution in [0.5, 0.6) is 23.0 Å². The maximum Gasteiger partial charge on any atom is 0.342 e. The Morgan fingerprint density at radius 2 is 1.13 bits per heavy atom. The molecule has 0 aliphatic carbocycles. The zero-order chi connectivity index (χ0) is 66.6. The Balaban J connectivity index is 0.000000304. The smallest absolute Gasteiger partial charge is 0.342 e. The van der Waals surface area contributed by atoms with E-state index in [1.54, 1.807) is 34.6 Å². The number of aryl methyl sites for hydroxylation is 4. The molecular weight excluding hydrogens is 1190 g/mol. The van der Waals surface area contributed by atoms with E-state index >= 15 is 0 Å². The number of rotatable bonds is 30. The molecule has 6 rings (SSSR count). The minimum atomic E-state index is -3.50. The van der Waals surface area contributed by atoms with Crippen molar-refractivity contribution < 1.29 is 70.9 Å². The third kappa shape index (κ3) is 21.1. The van der Waals surface area contributed by atoms with Gasteiger partial charge in [0.15, 0.2) is 0 Å². The number of carbonyl (C=O) groups is 5. The van der Waals surface area contributed by atoms with Crippen molar-refractivity contribution >= 4 is 53.3 Å². The first-order valence-electron chi connectivity index (χ1n) is 30.7. The second-order valence-corrected chi connectivity index (χ2v) is 33.8. The van der Waals surface area contributed by atoms with Crippen molar-refractivity contribution in [2.24, 2.45) is 5.73 Å². The average Bonchev–Trinajstić information content (AvgIpc) is 1.84. The zero-order valence-electron chi connectivity index (χ0n) is 55.6. The molecule has 6 N–H and O–H groups in total. The number of benzene rings is 4. The number of hydrogen-bond acceptors (Lipinski definition) is 17. The van der Waals surface area contributed by atoms with Crippen molar-refractivity contribution in [1.82, 2.24) is 15.5 Å². The van der Waals surface area contributed by atoms with Crippen molar-refractivity contribution in [2.75, 3.05) is 51.8 Å². The first-order chi connectivity index (χ1) is 41.9. The Labute approximate surface area is 529 Å². The number of allylic oxidation sites excluding steroid dienone is 3. The summed E-state index contributed by atoms with van der Waals surface area (Å²) in [5.41, 5.74) is 19.4. The molecule has 89 heavy (non-hydrogen) atoms. The van der Waals surface area contributed by atoms with Gasteiger partial charge < -0.3 is 48.9 Å². The van der Waals surface area contributed by atoms with Crippen LogP contribution in [0, 0.1) is 41.5 Å². The van der Waals surface area contributed by atoms with Crippen molar-refractivity contribution in [2.45, 2.75) is 174 Å². The Kier molecular flexibility index (Phi) is 29.3. The highest BCUT2D eigenvalue weighted by atomic mass is 31.2. The summed E-state index contributed by atoms with van der Waals surface area (Å²) in [5.74, 6) is 0.0282. The predicted molar refractivity (Wildman–Crippen MR) is 354 cm³/mol. The van der Waals surface area contributed by atoms with Gasteiger partial charge in [-0.15, -0.1) is 0 Å². The summed E-state index contributed by atoms with van der Waals surface area (Å²) in [6.45, 7) is 35.7. The average molecular weight is 1290 g/mol. The number of phenolic OH excluding ortho intramolecular Hbond substituents is 1. The highest BCUT2D eigenvalue weighted by Crippen LogP contribution is 2.47. The molecule has 0 saturated heterocycles. The van der Waals surface area contributed by atoms with Crippen molar-refractivity contribution in [3.8, 4) is 23.0 Å². The molecule has 2 aliphatic rings. The van der Waals surface area contributed by atoms with Crippen molar-refractivity contribution in [1.29, 1.82) is 0 Å². The number of fused-ring (bicyclic) bond motifs is 2. The number of aromatic hydroxyl groups is 1. The molecule has 4 aromatic carbocycles. The minimum absolute atomic E-state index is 0.00772. The summed E-state index contributed by atoms with van der Waals surface area (Å²) >= 11 is 0. The number of aldehydes is 1. The molecule has 490 valence electrons. The summed E-state index contributed by atoms with van der Waals surface area (Å²) in [4.78, 5) is 59.5. The number of cyclic esters (lactones) is 2. The van der Waals surface area contributed by atoms with Crippen LogP contribution >= 0.6 is 15.0 Å². The number of para-hydroxylation sites is 2. The molecular formula is C67H98N4O15P2Si. The van der Waals surface area contributed by atoms with Crippen LogP contribution in [-0.4, -0.2) is 107 Å². The SMILES string of the molecule is CCOC(=O)[C@H](C)NP(=O)(CCN)Oc1c(C)cccc1C.CCOC(=O)[C@H](C)NP(=O)(CCNC/C(C)=C/Cc1c(O)c2c(c(C)c1CC)COC2=O)Oc1c(C)cccc1C.CCc1c(C)c2c(c(OCC[Si](C)(C)C)c1C/C=C(\C)C=O)C(=O)OC2. The molecule has 2 heterocycles. The van der Waals surface area contributed by atoms with Gasteiger partial charge in [0.2, 0.25) is 0 Å². The van der Waals surface area contributed by atoms with E-state index in [1.165, 1.54) is 5.56 Å². The van der Waals surface area contributed by atoms with Gasteiger partial charge in [0.25, 0.3) is 0 Å². The molecule has 0 bridgehead atoms. The van der Waals surface area contributed by atoms with Gasteiger partial charge in [0.1, 0.15) is 65.7 Å². The van der Waals surface area contributed by atoms with E-state index in [0.717, 1.165) is 91.9 Å². The lowest BCUT2D eigenvalue weighted by Gasteiger charge is -2.25. The van der Waals surface area contributed by atoms with E-state index in [9.17, 15) is 38.2 Å². The van der Waals surface area contributed by atoms with Crippen LogP contribution in [0.15, 0.2) is 59.7 Å². The second kappa shape index (κ2) is 34.7. The molecule has 0 fully saturated rings. The molecule has 4 aromatic rings. The Morgan fingerprint density at radius 3 is 1.58 bits per heavy atom. The fourth-order valence-corrected chi connectivity index (χ4v) is 14.9. The molecule has 19 nitrogen and oxygen atoms in total. The third-order valence-corrected chi connectivity index (χ3v) is 21.2. The maximum atomic E-state index is 14.0. The summed E-state index contributed by atoms with van der Waals surface area (Å²) in [6, 6.07) is 10.8. The predicted octanol–water partition coefficient (Wildman–Crippen LogP) is 12.4. The first kappa shape index (κ1) is 75.1. The first-order valence-corrected chi connectivity index (χ1v) is 38.0. The topological polar surface area (TPSA) is 266 Å². The van der Waals surface area contributed by atoms with Crippen molar-refractivity contribution in [3.05, 3.63) is 138 Å². The molecule has 0 radical (unpaired) electrons. The lowest BCUT2D eigenvalue weighted by molar-refractivity contribution is -0.145. The van der Waals surface area contributed by atoms with Crippen molar-refractivity contribution in [3.63, 3.8) is 0 Å². The number of nitrogens with one attached hydrogen (secondary N) is 3. The normalized spacial score (nSPS) is 14.9. The van der Waals surface area contributed by atoms with Gasteiger partial charge in [-0.1, -0.05) is 87.6 Å². The summed E-state index contributed by atoms with van der Waals surface area (Å²) in [6.07, 6.45) is 7.67. The molecule has 0 spiro atoms. The summed E-state index contributed by atoms with van der Waals surface area (Å²) in [5, 5.41) is 19.9. The Morgan fingerprint density at radius 1 is 0.685 bits per heavy atom. The zero-order valence-corrected chi connectivity index (χ0v) is 58.4. The molecule has 0 saturated carbocycles. The largest absolute Gasteiger partial charge is 0.507 e. The number of nitrogens with two attached hydrogens (primary N) is 1. The summed E-state index contributed by atoms with van der Waals surface area (Å²) in [7, 11) is -8.05.